The van der Waals surface area contributed by atoms with Crippen LogP contribution in [0.1, 0.15) is 30.9 Å². The summed E-state index contributed by atoms with van der Waals surface area (Å²) >= 11 is 8.60. The van der Waals surface area contributed by atoms with Crippen molar-refractivity contribution in [1.29, 1.82) is 0 Å². The molecule has 0 saturated heterocycles. The van der Waals surface area contributed by atoms with Crippen LogP contribution in [0.25, 0.3) is 0 Å². The number of hydrogen-bond donors (Lipinski definition) is 2. The Morgan fingerprint density at radius 2 is 1.80 bits per heavy atom. The van der Waals surface area contributed by atoms with Gasteiger partial charge in [0.05, 0.1) is 0 Å². The molecule has 0 aliphatic heterocycles. The van der Waals surface area contributed by atoms with Crippen molar-refractivity contribution in [3.05, 3.63) is 58.1 Å². The summed E-state index contributed by atoms with van der Waals surface area (Å²) in [5, 5.41) is 3.36. The number of halogens is 1. The van der Waals surface area contributed by atoms with Gasteiger partial charge in [0.2, 0.25) is 0 Å². The molecule has 0 fully saturated rings. The van der Waals surface area contributed by atoms with Gasteiger partial charge in [-0.15, -0.1) is 0 Å². The predicted molar refractivity (Wildman–Crippen MR) is 93.8 cm³/mol. The second kappa shape index (κ2) is 6.37. The Kier molecular flexibility index (Phi) is 4.78. The normalized spacial score (nSPS) is 10.6. The fourth-order valence-corrected chi connectivity index (χ4v) is 2.92. The fourth-order valence-electron chi connectivity index (χ4n) is 1.99. The van der Waals surface area contributed by atoms with Gasteiger partial charge in [-0.25, -0.2) is 0 Å². The van der Waals surface area contributed by atoms with E-state index in [-0.39, 0.29) is 0 Å². The van der Waals surface area contributed by atoms with E-state index in [1.165, 1.54) is 5.56 Å². The summed E-state index contributed by atoms with van der Waals surface area (Å²) < 4.78 is 0.897. The van der Waals surface area contributed by atoms with E-state index in [0.29, 0.717) is 10.9 Å². The van der Waals surface area contributed by atoms with E-state index >= 15 is 0 Å². The molecule has 0 unspecified atom stereocenters. The summed E-state index contributed by atoms with van der Waals surface area (Å²) in [5.41, 5.74) is 9.87. The lowest BCUT2D eigenvalue weighted by atomic mass is 10.0. The largest absolute Gasteiger partial charge is 0.389 e. The maximum atomic E-state index is 5.79. The Morgan fingerprint density at radius 3 is 2.35 bits per heavy atom. The van der Waals surface area contributed by atoms with Crippen molar-refractivity contribution < 1.29 is 0 Å². The average Bonchev–Trinajstić information content (AvgIpc) is 2.39. The van der Waals surface area contributed by atoms with Gasteiger partial charge in [0.15, 0.2) is 0 Å². The van der Waals surface area contributed by atoms with Crippen molar-refractivity contribution in [2.45, 2.75) is 19.8 Å². The molecule has 0 aliphatic carbocycles. The SMILES string of the molecule is CC(C)c1ccc(Nc2cccc(Br)c2C(N)=S)cc1. The van der Waals surface area contributed by atoms with Gasteiger partial charge in [-0.3, -0.25) is 0 Å². The molecule has 0 spiro atoms. The Morgan fingerprint density at radius 1 is 1.15 bits per heavy atom. The number of nitrogens with two attached hydrogens (primary N) is 1. The second-order valence-corrected chi connectivity index (χ2v) is 6.22. The zero-order chi connectivity index (χ0) is 14.7. The Balaban J connectivity index is 2.30. The monoisotopic (exact) mass is 348 g/mol. The summed E-state index contributed by atoms with van der Waals surface area (Å²) in [6.45, 7) is 4.36. The summed E-state index contributed by atoms with van der Waals surface area (Å²) in [7, 11) is 0. The minimum Gasteiger partial charge on any atom is -0.389 e. The van der Waals surface area contributed by atoms with Gasteiger partial charge in [0.25, 0.3) is 0 Å². The number of benzene rings is 2. The van der Waals surface area contributed by atoms with E-state index in [1.807, 2.05) is 18.2 Å². The van der Waals surface area contributed by atoms with Gasteiger partial charge in [-0.2, -0.15) is 0 Å². The molecule has 20 heavy (non-hydrogen) atoms. The van der Waals surface area contributed by atoms with Crippen LogP contribution in [0.3, 0.4) is 0 Å². The molecule has 2 nitrogen and oxygen atoms in total. The molecular formula is C16H17BrN2S. The quantitative estimate of drug-likeness (QED) is 0.767. The van der Waals surface area contributed by atoms with Crippen molar-refractivity contribution in [2.24, 2.45) is 5.73 Å². The number of anilines is 2. The molecule has 0 heterocycles. The first-order valence-corrected chi connectivity index (χ1v) is 7.64. The van der Waals surface area contributed by atoms with Crippen LogP contribution < -0.4 is 11.1 Å². The van der Waals surface area contributed by atoms with E-state index in [1.54, 1.807) is 0 Å². The lowest BCUT2D eigenvalue weighted by molar-refractivity contribution is 0.867. The Labute approximate surface area is 133 Å². The van der Waals surface area contributed by atoms with Gasteiger partial charge in [0, 0.05) is 21.4 Å². The van der Waals surface area contributed by atoms with Crippen molar-refractivity contribution >= 4 is 44.5 Å². The third-order valence-electron chi connectivity index (χ3n) is 3.12. The molecule has 4 heteroatoms. The minimum atomic E-state index is 0.374. The highest BCUT2D eigenvalue weighted by Crippen LogP contribution is 2.28. The third kappa shape index (κ3) is 3.38. The highest BCUT2D eigenvalue weighted by atomic mass is 79.9. The number of nitrogens with one attached hydrogen (secondary N) is 1. The molecular weight excluding hydrogens is 332 g/mol. The van der Waals surface area contributed by atoms with Crippen LogP contribution in [-0.4, -0.2) is 4.99 Å². The first-order valence-electron chi connectivity index (χ1n) is 6.44. The van der Waals surface area contributed by atoms with Crippen LogP contribution in [0.5, 0.6) is 0 Å². The van der Waals surface area contributed by atoms with Gasteiger partial charge in [0.1, 0.15) is 4.99 Å². The third-order valence-corrected chi connectivity index (χ3v) is 3.98. The van der Waals surface area contributed by atoms with Crippen molar-refractivity contribution in [1.82, 2.24) is 0 Å². The van der Waals surface area contributed by atoms with Gasteiger partial charge < -0.3 is 11.1 Å². The van der Waals surface area contributed by atoms with E-state index in [2.05, 4.69) is 59.4 Å². The van der Waals surface area contributed by atoms with Crippen molar-refractivity contribution in [2.75, 3.05) is 5.32 Å². The molecule has 0 amide bonds. The molecule has 0 radical (unpaired) electrons. The molecule has 2 aromatic carbocycles. The summed E-state index contributed by atoms with van der Waals surface area (Å²) in [6, 6.07) is 14.3. The fraction of sp³-hybridized carbons (Fsp3) is 0.188. The molecule has 0 aliphatic rings. The van der Waals surface area contributed by atoms with E-state index in [9.17, 15) is 0 Å². The Bertz CT molecular complexity index is 621. The first-order chi connectivity index (χ1) is 9.49. The van der Waals surface area contributed by atoms with Crippen molar-refractivity contribution in [3.8, 4) is 0 Å². The van der Waals surface area contributed by atoms with Crippen LogP contribution in [0, 0.1) is 0 Å². The molecule has 0 atom stereocenters. The second-order valence-electron chi connectivity index (χ2n) is 4.93. The lowest BCUT2D eigenvalue weighted by Gasteiger charge is -2.13. The summed E-state index contributed by atoms with van der Waals surface area (Å²) in [5.74, 6) is 0.530. The summed E-state index contributed by atoms with van der Waals surface area (Å²) in [6.07, 6.45) is 0. The van der Waals surface area contributed by atoms with Gasteiger partial charge in [-0.1, -0.05) is 44.3 Å². The molecule has 2 rings (SSSR count). The van der Waals surface area contributed by atoms with E-state index < -0.39 is 0 Å². The predicted octanol–water partition coefficient (Wildman–Crippen LogP) is 4.95. The van der Waals surface area contributed by atoms with Crippen LogP contribution in [-0.2, 0) is 0 Å². The average molecular weight is 349 g/mol. The van der Waals surface area contributed by atoms with Crippen molar-refractivity contribution in [3.63, 3.8) is 0 Å². The zero-order valence-corrected chi connectivity index (χ0v) is 13.9. The van der Waals surface area contributed by atoms with Crippen LogP contribution in [0.4, 0.5) is 11.4 Å². The molecule has 0 bridgehead atoms. The lowest BCUT2D eigenvalue weighted by Crippen LogP contribution is -2.12. The maximum Gasteiger partial charge on any atom is 0.107 e. The standard InChI is InChI=1S/C16H17BrN2S/c1-10(2)11-6-8-12(9-7-11)19-14-5-3-4-13(17)15(14)16(18)20/h3-10,19H,1-2H3,(H2,18,20). The Hall–Kier alpha value is -1.39. The van der Waals surface area contributed by atoms with Crippen LogP contribution >= 0.6 is 28.1 Å². The summed E-state index contributed by atoms with van der Waals surface area (Å²) in [4.78, 5) is 0.374. The molecule has 2 aromatic rings. The zero-order valence-electron chi connectivity index (χ0n) is 11.5. The molecule has 104 valence electrons. The molecule has 0 saturated carbocycles. The van der Waals surface area contributed by atoms with Crippen LogP contribution in [0.2, 0.25) is 0 Å². The van der Waals surface area contributed by atoms with E-state index in [4.69, 9.17) is 18.0 Å². The minimum absolute atomic E-state index is 0.374. The topological polar surface area (TPSA) is 38.0 Å². The first kappa shape index (κ1) is 15.0. The van der Waals surface area contributed by atoms with Crippen LogP contribution in [0.15, 0.2) is 46.9 Å². The molecule has 0 aromatic heterocycles. The number of hydrogen-bond acceptors (Lipinski definition) is 2. The van der Waals surface area contributed by atoms with Gasteiger partial charge in [-0.05, 0) is 51.7 Å². The smallest absolute Gasteiger partial charge is 0.107 e. The highest BCUT2D eigenvalue weighted by molar-refractivity contribution is 9.10. The highest BCUT2D eigenvalue weighted by Gasteiger charge is 2.09. The van der Waals surface area contributed by atoms with Gasteiger partial charge >= 0.3 is 0 Å². The molecule has 3 N–H and O–H groups in total. The number of rotatable bonds is 4. The maximum absolute atomic E-state index is 5.79. The van der Waals surface area contributed by atoms with E-state index in [0.717, 1.165) is 21.4 Å². The number of thiocarbonyl (C=S) groups is 1.